The fourth-order valence-electron chi connectivity index (χ4n) is 1.32. The molecule has 2 rings (SSSR count). The maximum atomic E-state index is 10.9. The van der Waals surface area contributed by atoms with Gasteiger partial charge in [-0.3, -0.25) is 4.79 Å². The van der Waals surface area contributed by atoms with Crippen molar-refractivity contribution in [3.05, 3.63) is 38.5 Å². The number of carbonyl (C=O) groups excluding carboxylic acids is 1. The van der Waals surface area contributed by atoms with Gasteiger partial charge in [0.2, 0.25) is 0 Å². The second-order valence-electron chi connectivity index (χ2n) is 3.36. The van der Waals surface area contributed by atoms with E-state index in [2.05, 4.69) is 16.4 Å². The first kappa shape index (κ1) is 10.5. The van der Waals surface area contributed by atoms with Gasteiger partial charge in [0.05, 0.1) is 5.01 Å². The summed E-state index contributed by atoms with van der Waals surface area (Å²) < 4.78 is 0. The Kier molecular flexibility index (Phi) is 3.28. The van der Waals surface area contributed by atoms with E-state index < -0.39 is 0 Å². The van der Waals surface area contributed by atoms with Crippen molar-refractivity contribution in [3.63, 3.8) is 0 Å². The van der Waals surface area contributed by atoms with E-state index in [9.17, 15) is 4.79 Å². The van der Waals surface area contributed by atoms with Crippen molar-refractivity contribution in [1.82, 2.24) is 4.98 Å². The molecular weight excluding hydrogens is 226 g/mol. The Bertz CT molecular complexity index is 445. The van der Waals surface area contributed by atoms with Gasteiger partial charge in [0, 0.05) is 28.8 Å². The summed E-state index contributed by atoms with van der Waals surface area (Å²) in [6, 6.07) is 4.15. The van der Waals surface area contributed by atoms with Crippen LogP contribution in [-0.4, -0.2) is 10.8 Å². The quantitative estimate of drug-likeness (QED) is 0.818. The molecule has 0 atom stereocenters. The lowest BCUT2D eigenvalue weighted by Crippen LogP contribution is -1.92. The molecule has 2 aromatic rings. The molecule has 2 heterocycles. The topological polar surface area (TPSA) is 30.0 Å². The number of Topliss-reactive ketones (excluding diaryl/α,β-unsaturated/α-hetero) is 1. The SMILES string of the molecule is CC(=O)Cc1cnc(Cc2cccs2)s1. The van der Waals surface area contributed by atoms with Crippen LogP contribution in [-0.2, 0) is 17.6 Å². The predicted octanol–water partition coefficient (Wildman–Crippen LogP) is 2.93. The van der Waals surface area contributed by atoms with Crippen LogP contribution in [0.25, 0.3) is 0 Å². The van der Waals surface area contributed by atoms with Crippen LogP contribution in [0.3, 0.4) is 0 Å². The maximum Gasteiger partial charge on any atom is 0.135 e. The lowest BCUT2D eigenvalue weighted by molar-refractivity contribution is -0.116. The Balaban J connectivity index is 2.04. The van der Waals surface area contributed by atoms with Crippen LogP contribution in [0.5, 0.6) is 0 Å². The van der Waals surface area contributed by atoms with Gasteiger partial charge in [0.15, 0.2) is 0 Å². The molecule has 0 amide bonds. The average Bonchev–Trinajstić information content (AvgIpc) is 2.77. The Morgan fingerprint density at radius 3 is 3.00 bits per heavy atom. The highest BCUT2D eigenvalue weighted by molar-refractivity contribution is 7.12. The second-order valence-corrected chi connectivity index (χ2v) is 5.59. The van der Waals surface area contributed by atoms with E-state index in [1.165, 1.54) is 4.88 Å². The molecule has 0 aliphatic rings. The number of hydrogen-bond acceptors (Lipinski definition) is 4. The van der Waals surface area contributed by atoms with E-state index >= 15 is 0 Å². The molecule has 0 saturated heterocycles. The number of rotatable bonds is 4. The number of nitrogens with zero attached hydrogens (tertiary/aromatic N) is 1. The van der Waals surface area contributed by atoms with Crippen LogP contribution >= 0.6 is 22.7 Å². The standard InChI is InChI=1S/C11H11NOS2/c1-8(13)5-10-7-12-11(15-10)6-9-3-2-4-14-9/h2-4,7H,5-6H2,1H3. The summed E-state index contributed by atoms with van der Waals surface area (Å²) in [7, 11) is 0. The van der Waals surface area contributed by atoms with Gasteiger partial charge in [-0.25, -0.2) is 4.98 Å². The van der Waals surface area contributed by atoms with Crippen LogP contribution in [0, 0.1) is 0 Å². The third kappa shape index (κ3) is 2.97. The molecule has 0 aliphatic heterocycles. The van der Waals surface area contributed by atoms with Crippen LogP contribution in [0.2, 0.25) is 0 Å². The molecule has 0 fully saturated rings. The summed E-state index contributed by atoms with van der Waals surface area (Å²) in [5.74, 6) is 0.196. The third-order valence-corrected chi connectivity index (χ3v) is 3.80. The minimum Gasteiger partial charge on any atom is -0.300 e. The molecule has 0 saturated carbocycles. The molecule has 0 radical (unpaired) electrons. The lowest BCUT2D eigenvalue weighted by Gasteiger charge is -1.90. The van der Waals surface area contributed by atoms with E-state index in [1.807, 2.05) is 12.3 Å². The first-order chi connectivity index (χ1) is 7.24. The average molecular weight is 237 g/mol. The van der Waals surface area contributed by atoms with Crippen LogP contribution in [0.1, 0.15) is 21.7 Å². The van der Waals surface area contributed by atoms with E-state index in [-0.39, 0.29) is 5.78 Å². The van der Waals surface area contributed by atoms with Gasteiger partial charge in [-0.2, -0.15) is 0 Å². The van der Waals surface area contributed by atoms with E-state index in [0.717, 1.165) is 16.3 Å². The third-order valence-electron chi connectivity index (χ3n) is 1.93. The van der Waals surface area contributed by atoms with Crippen molar-refractivity contribution < 1.29 is 4.79 Å². The first-order valence-corrected chi connectivity index (χ1v) is 6.39. The molecule has 0 spiro atoms. The van der Waals surface area contributed by atoms with Crippen LogP contribution in [0.4, 0.5) is 0 Å². The maximum absolute atomic E-state index is 10.9. The Morgan fingerprint density at radius 1 is 1.47 bits per heavy atom. The van der Waals surface area contributed by atoms with Crippen LogP contribution in [0.15, 0.2) is 23.7 Å². The normalized spacial score (nSPS) is 10.5. The van der Waals surface area contributed by atoms with Gasteiger partial charge in [0.25, 0.3) is 0 Å². The first-order valence-electron chi connectivity index (χ1n) is 4.69. The molecule has 0 unspecified atom stereocenters. The molecule has 0 aliphatic carbocycles. The summed E-state index contributed by atoms with van der Waals surface area (Å²) in [4.78, 5) is 17.6. The number of thiazole rings is 1. The van der Waals surface area contributed by atoms with E-state index in [4.69, 9.17) is 0 Å². The Morgan fingerprint density at radius 2 is 2.33 bits per heavy atom. The predicted molar refractivity (Wildman–Crippen MR) is 63.6 cm³/mol. The minimum atomic E-state index is 0.196. The highest BCUT2D eigenvalue weighted by atomic mass is 32.1. The fraction of sp³-hybridized carbons (Fsp3) is 0.273. The second kappa shape index (κ2) is 4.68. The van der Waals surface area contributed by atoms with Gasteiger partial charge in [-0.1, -0.05) is 6.07 Å². The molecule has 0 aromatic carbocycles. The highest BCUT2D eigenvalue weighted by Gasteiger charge is 2.05. The van der Waals surface area contributed by atoms with Crippen molar-refractivity contribution in [2.75, 3.05) is 0 Å². The molecule has 0 bridgehead atoms. The summed E-state index contributed by atoms with van der Waals surface area (Å²) in [6.07, 6.45) is 3.22. The molecule has 2 nitrogen and oxygen atoms in total. The number of carbonyl (C=O) groups is 1. The summed E-state index contributed by atoms with van der Waals surface area (Å²) >= 11 is 3.37. The molecule has 4 heteroatoms. The number of thiophene rings is 1. The van der Waals surface area contributed by atoms with Crippen molar-refractivity contribution in [2.45, 2.75) is 19.8 Å². The zero-order valence-electron chi connectivity index (χ0n) is 8.40. The lowest BCUT2D eigenvalue weighted by atomic mass is 10.3. The van der Waals surface area contributed by atoms with Crippen molar-refractivity contribution in [3.8, 4) is 0 Å². The Hall–Kier alpha value is -1.00. The molecular formula is C11H11NOS2. The van der Waals surface area contributed by atoms with Crippen LogP contribution < -0.4 is 0 Å². The molecule has 15 heavy (non-hydrogen) atoms. The number of hydrogen-bond donors (Lipinski definition) is 0. The number of ketones is 1. The largest absolute Gasteiger partial charge is 0.300 e. The van der Waals surface area contributed by atoms with Crippen molar-refractivity contribution in [1.29, 1.82) is 0 Å². The molecule has 78 valence electrons. The Labute approximate surface area is 96.6 Å². The van der Waals surface area contributed by atoms with Gasteiger partial charge in [-0.05, 0) is 18.4 Å². The smallest absolute Gasteiger partial charge is 0.135 e. The zero-order valence-corrected chi connectivity index (χ0v) is 10.0. The summed E-state index contributed by atoms with van der Waals surface area (Å²) in [6.45, 7) is 1.61. The summed E-state index contributed by atoms with van der Waals surface area (Å²) in [5, 5.41) is 3.16. The van der Waals surface area contributed by atoms with E-state index in [0.29, 0.717) is 6.42 Å². The van der Waals surface area contributed by atoms with Gasteiger partial charge in [0.1, 0.15) is 5.78 Å². The fourth-order valence-corrected chi connectivity index (χ4v) is 3.14. The monoisotopic (exact) mass is 237 g/mol. The van der Waals surface area contributed by atoms with Crippen molar-refractivity contribution in [2.24, 2.45) is 0 Å². The van der Waals surface area contributed by atoms with Gasteiger partial charge >= 0.3 is 0 Å². The zero-order chi connectivity index (χ0) is 10.7. The molecule has 2 aromatic heterocycles. The van der Waals surface area contributed by atoms with E-state index in [1.54, 1.807) is 29.6 Å². The van der Waals surface area contributed by atoms with Gasteiger partial charge < -0.3 is 0 Å². The van der Waals surface area contributed by atoms with Gasteiger partial charge in [-0.15, -0.1) is 22.7 Å². The number of aromatic nitrogens is 1. The minimum absolute atomic E-state index is 0.196. The van der Waals surface area contributed by atoms with Crippen molar-refractivity contribution >= 4 is 28.5 Å². The highest BCUT2D eigenvalue weighted by Crippen LogP contribution is 2.19. The summed E-state index contributed by atoms with van der Waals surface area (Å²) in [5.41, 5.74) is 0. The molecule has 0 N–H and O–H groups in total.